The van der Waals surface area contributed by atoms with Gasteiger partial charge in [-0.2, -0.15) is 13.2 Å². The number of carbonyl (C=O) groups is 3. The zero-order chi connectivity index (χ0) is 30.0. The van der Waals surface area contributed by atoms with Gasteiger partial charge in [0.05, 0.1) is 11.1 Å². The Morgan fingerprint density at radius 3 is 1.44 bits per heavy atom. The van der Waals surface area contributed by atoms with Gasteiger partial charge in [-0.15, -0.1) is 0 Å². The first kappa shape index (κ1) is 29.8. The predicted octanol–water partition coefficient (Wildman–Crippen LogP) is 5.78. The fourth-order valence-electron chi connectivity index (χ4n) is 3.06. The number of carbonyl (C=O) groups excluding carboxylic acids is 3. The zero-order valence-corrected chi connectivity index (χ0v) is 21.2. The molecule has 204 valence electrons. The Labute approximate surface area is 233 Å². The first-order valence-corrected chi connectivity index (χ1v) is 11.5. The molecular formula is C32H19F3O6. The highest BCUT2D eigenvalue weighted by Crippen LogP contribution is 2.35. The summed E-state index contributed by atoms with van der Waals surface area (Å²) >= 11 is 0. The van der Waals surface area contributed by atoms with Crippen molar-refractivity contribution in [1.29, 1.82) is 0 Å². The van der Waals surface area contributed by atoms with E-state index in [1.165, 1.54) is 48.5 Å². The molecule has 0 aliphatic carbocycles. The topological polar surface area (TPSA) is 78.9 Å². The summed E-state index contributed by atoms with van der Waals surface area (Å²) in [6, 6.07) is 13.3. The molecule has 0 radical (unpaired) electrons. The summed E-state index contributed by atoms with van der Waals surface area (Å²) < 4.78 is 57.1. The maximum absolute atomic E-state index is 14.0. The molecule has 6 nitrogen and oxygen atoms in total. The first-order chi connectivity index (χ1) is 19.5. The fourth-order valence-corrected chi connectivity index (χ4v) is 3.06. The van der Waals surface area contributed by atoms with Crippen LogP contribution in [0.25, 0.3) is 0 Å². The highest BCUT2D eigenvalue weighted by molar-refractivity contribution is 5.84. The summed E-state index contributed by atoms with van der Waals surface area (Å²) in [4.78, 5) is 34.5. The van der Waals surface area contributed by atoms with Crippen LogP contribution in [0.2, 0.25) is 0 Å². The van der Waals surface area contributed by atoms with Crippen molar-refractivity contribution >= 4 is 17.9 Å². The molecule has 0 amide bonds. The van der Waals surface area contributed by atoms with Crippen molar-refractivity contribution < 1.29 is 41.8 Å². The van der Waals surface area contributed by atoms with Crippen molar-refractivity contribution in [3.05, 3.63) is 126 Å². The van der Waals surface area contributed by atoms with E-state index in [0.717, 1.165) is 30.4 Å². The van der Waals surface area contributed by atoms with Crippen LogP contribution < -0.4 is 14.2 Å². The van der Waals surface area contributed by atoms with E-state index in [1.54, 1.807) is 0 Å². The summed E-state index contributed by atoms with van der Waals surface area (Å²) in [5.41, 5.74) is -1.09. The van der Waals surface area contributed by atoms with Gasteiger partial charge in [0.25, 0.3) is 0 Å². The highest BCUT2D eigenvalue weighted by Gasteiger charge is 2.34. The largest absolute Gasteiger partial charge is 0.423 e. The van der Waals surface area contributed by atoms with E-state index in [4.69, 9.17) is 14.2 Å². The third-order valence-electron chi connectivity index (χ3n) is 4.96. The lowest BCUT2D eigenvalue weighted by Gasteiger charge is -2.13. The van der Waals surface area contributed by atoms with Gasteiger partial charge in [-0.3, -0.25) is 0 Å². The molecule has 0 heterocycles. The molecule has 0 atom stereocenters. The van der Waals surface area contributed by atoms with Crippen LogP contribution in [0.5, 0.6) is 17.2 Å². The third-order valence-corrected chi connectivity index (χ3v) is 4.96. The number of hydrogen-bond donors (Lipinski definition) is 0. The summed E-state index contributed by atoms with van der Waals surface area (Å²) in [6.45, 7) is 9.89. The molecule has 41 heavy (non-hydrogen) atoms. The van der Waals surface area contributed by atoms with Crippen LogP contribution in [-0.4, -0.2) is 17.9 Å². The molecule has 0 aromatic heterocycles. The number of esters is 3. The van der Waals surface area contributed by atoms with E-state index in [1.807, 2.05) is 0 Å². The van der Waals surface area contributed by atoms with E-state index in [-0.39, 0.29) is 22.8 Å². The molecule has 0 aliphatic rings. The minimum atomic E-state index is -4.82. The van der Waals surface area contributed by atoms with Gasteiger partial charge in [-0.05, 0) is 60.7 Å². The lowest BCUT2D eigenvalue weighted by atomic mass is 10.0. The van der Waals surface area contributed by atoms with Gasteiger partial charge in [0, 0.05) is 34.9 Å². The molecule has 0 bridgehead atoms. The molecule has 3 rings (SSSR count). The van der Waals surface area contributed by atoms with E-state index in [2.05, 4.69) is 43.4 Å². The minimum Gasteiger partial charge on any atom is -0.423 e. The van der Waals surface area contributed by atoms with Gasteiger partial charge in [-0.25, -0.2) is 14.4 Å². The maximum Gasteiger partial charge on any atom is 0.417 e. The molecule has 0 unspecified atom stereocenters. The van der Waals surface area contributed by atoms with Crippen molar-refractivity contribution in [2.24, 2.45) is 0 Å². The number of ether oxygens (including phenoxy) is 3. The number of rotatable bonds is 6. The predicted molar refractivity (Wildman–Crippen MR) is 144 cm³/mol. The molecule has 0 spiro atoms. The summed E-state index contributed by atoms with van der Waals surface area (Å²) in [7, 11) is 0. The van der Waals surface area contributed by atoms with Crippen LogP contribution in [-0.2, 0) is 20.6 Å². The molecule has 0 saturated carbocycles. The molecule has 0 saturated heterocycles. The number of halogens is 3. The van der Waals surface area contributed by atoms with Crippen LogP contribution in [0.4, 0.5) is 13.2 Å². The van der Waals surface area contributed by atoms with Gasteiger partial charge < -0.3 is 14.2 Å². The van der Waals surface area contributed by atoms with E-state index in [0.29, 0.717) is 11.1 Å². The van der Waals surface area contributed by atoms with Gasteiger partial charge in [-0.1, -0.05) is 43.4 Å². The van der Waals surface area contributed by atoms with Crippen LogP contribution in [0.1, 0.15) is 27.8 Å². The average Bonchev–Trinajstić information content (AvgIpc) is 2.96. The Bertz CT molecular complexity index is 1640. The maximum atomic E-state index is 14.0. The van der Waals surface area contributed by atoms with Crippen molar-refractivity contribution in [3.63, 3.8) is 0 Å². The van der Waals surface area contributed by atoms with Gasteiger partial charge in [0.2, 0.25) is 0 Å². The van der Waals surface area contributed by atoms with Crippen molar-refractivity contribution in [2.45, 2.75) is 6.18 Å². The van der Waals surface area contributed by atoms with E-state index in [9.17, 15) is 27.6 Å². The monoisotopic (exact) mass is 556 g/mol. The molecule has 3 aromatic carbocycles. The summed E-state index contributed by atoms with van der Waals surface area (Å²) in [5.74, 6) is 8.27. The van der Waals surface area contributed by atoms with E-state index < -0.39 is 35.2 Å². The van der Waals surface area contributed by atoms with Crippen molar-refractivity contribution in [3.8, 4) is 40.9 Å². The molecular weight excluding hydrogens is 537 g/mol. The normalized spacial score (nSPS) is 10.0. The second kappa shape index (κ2) is 13.3. The Morgan fingerprint density at radius 2 is 1.02 bits per heavy atom. The molecule has 3 aromatic rings. The Kier molecular flexibility index (Phi) is 9.67. The number of benzene rings is 3. The van der Waals surface area contributed by atoms with Gasteiger partial charge in [0.15, 0.2) is 0 Å². The Morgan fingerprint density at radius 1 is 0.610 bits per heavy atom. The number of hydrogen-bond acceptors (Lipinski definition) is 6. The summed E-state index contributed by atoms with van der Waals surface area (Å²) in [6.07, 6.45) is -1.99. The van der Waals surface area contributed by atoms with Crippen LogP contribution in [0.3, 0.4) is 0 Å². The summed E-state index contributed by atoms with van der Waals surface area (Å²) in [5, 5.41) is 0. The van der Waals surface area contributed by atoms with Crippen LogP contribution in [0, 0.1) is 23.7 Å². The smallest absolute Gasteiger partial charge is 0.417 e. The van der Waals surface area contributed by atoms with Gasteiger partial charge in [0.1, 0.15) is 17.2 Å². The fraction of sp³-hybridized carbons (Fsp3) is 0.0312. The Hall–Kier alpha value is -5.80. The molecule has 0 fully saturated rings. The highest BCUT2D eigenvalue weighted by atomic mass is 19.4. The van der Waals surface area contributed by atoms with Crippen molar-refractivity contribution in [2.75, 3.05) is 0 Å². The third kappa shape index (κ3) is 8.60. The molecule has 0 N–H and O–H groups in total. The quantitative estimate of drug-likeness (QED) is 0.166. The lowest BCUT2D eigenvalue weighted by Crippen LogP contribution is -2.11. The van der Waals surface area contributed by atoms with E-state index >= 15 is 0 Å². The first-order valence-electron chi connectivity index (χ1n) is 11.5. The molecule has 9 heteroatoms. The van der Waals surface area contributed by atoms with Gasteiger partial charge >= 0.3 is 24.1 Å². The Balaban J connectivity index is 2.03. The molecule has 0 aliphatic heterocycles. The second-order valence-corrected chi connectivity index (χ2v) is 7.82. The standard InChI is InChI=1S/C32H19F3O6/c1-4-29(36)39-25-15-9-21(10-16-25)7-13-23-20-28(41-31(38)6-3)24(19-27(23)32(33,34)35)14-8-22-11-17-26(18-12-22)40-30(37)5-2/h4-6,9-12,15-20H,1-3H2. The van der Waals surface area contributed by atoms with Crippen LogP contribution >= 0.6 is 0 Å². The second-order valence-electron chi connectivity index (χ2n) is 7.82. The van der Waals surface area contributed by atoms with Crippen molar-refractivity contribution in [1.82, 2.24) is 0 Å². The number of alkyl halides is 3. The zero-order valence-electron chi connectivity index (χ0n) is 21.2. The minimum absolute atomic E-state index is 0.199. The SMILES string of the molecule is C=CC(=O)Oc1ccc(C#Cc2cc(C(F)(F)F)c(C#Cc3ccc(OC(=O)C=C)cc3)cc2OC(=O)C=C)cc1. The average molecular weight is 556 g/mol. The van der Waals surface area contributed by atoms with Crippen LogP contribution in [0.15, 0.2) is 98.6 Å². The lowest BCUT2D eigenvalue weighted by molar-refractivity contribution is -0.137.